The van der Waals surface area contributed by atoms with Crippen molar-refractivity contribution < 1.29 is 13.9 Å². The summed E-state index contributed by atoms with van der Waals surface area (Å²) in [5.74, 6) is 1.10. The van der Waals surface area contributed by atoms with Crippen LogP contribution in [-0.2, 0) is 6.42 Å². The summed E-state index contributed by atoms with van der Waals surface area (Å²) < 4.78 is 26.3. The van der Waals surface area contributed by atoms with Gasteiger partial charge in [0.15, 0.2) is 16.5 Å². The molecule has 0 bridgehead atoms. The third-order valence-corrected chi connectivity index (χ3v) is 5.71. The van der Waals surface area contributed by atoms with Crippen LogP contribution < -0.4 is 9.47 Å². The van der Waals surface area contributed by atoms with Crippen LogP contribution in [0.25, 0.3) is 27.5 Å². The molecule has 0 N–H and O–H groups in total. The molecule has 0 amide bonds. The Morgan fingerprint density at radius 1 is 1.14 bits per heavy atom. The van der Waals surface area contributed by atoms with Crippen molar-refractivity contribution >= 4 is 16.3 Å². The number of aromatic nitrogens is 2. The number of ether oxygens (including phenoxy) is 2. The van der Waals surface area contributed by atoms with E-state index in [0.717, 1.165) is 38.0 Å². The second-order valence-corrected chi connectivity index (χ2v) is 7.62. The van der Waals surface area contributed by atoms with Crippen molar-refractivity contribution in [3.8, 4) is 40.1 Å². The highest BCUT2D eigenvalue weighted by atomic mass is 32.1. The Hall–Kier alpha value is -3.37. The maximum atomic E-state index is 13.4. The second-order valence-electron chi connectivity index (χ2n) is 6.44. The SMILES string of the molecule is Cc1sc2nc(-c3ccc4c(c3)OCO4)c(CC#N)n2c1-c1ccc(F)cc1. The molecule has 3 heterocycles. The lowest BCUT2D eigenvalue weighted by atomic mass is 10.1. The Labute approximate surface area is 164 Å². The third kappa shape index (κ3) is 2.53. The van der Waals surface area contributed by atoms with E-state index < -0.39 is 0 Å². The number of halogens is 1. The standard InChI is InChI=1S/C21H14FN3O2S/c1-12-20(13-2-5-15(22)6-3-13)25-16(8-9-23)19(24-21(25)28-12)14-4-7-17-18(10-14)27-11-26-17/h2-7,10H,8,11H2,1H3. The minimum absolute atomic E-state index is 0.204. The zero-order chi connectivity index (χ0) is 19.3. The minimum atomic E-state index is -0.281. The molecular weight excluding hydrogens is 377 g/mol. The van der Waals surface area contributed by atoms with Gasteiger partial charge in [-0.2, -0.15) is 5.26 Å². The van der Waals surface area contributed by atoms with Crippen LogP contribution in [0.3, 0.4) is 0 Å². The zero-order valence-electron chi connectivity index (χ0n) is 14.9. The fourth-order valence-corrected chi connectivity index (χ4v) is 4.54. The molecular formula is C21H14FN3O2S. The first-order valence-corrected chi connectivity index (χ1v) is 9.51. The number of thiazole rings is 1. The van der Waals surface area contributed by atoms with Gasteiger partial charge in [0, 0.05) is 10.4 Å². The summed E-state index contributed by atoms with van der Waals surface area (Å²) in [5, 5.41) is 9.45. The molecule has 4 aromatic rings. The topological polar surface area (TPSA) is 59.5 Å². The summed E-state index contributed by atoms with van der Waals surface area (Å²) in [4.78, 5) is 6.67. The zero-order valence-corrected chi connectivity index (χ0v) is 15.7. The number of nitriles is 1. The van der Waals surface area contributed by atoms with E-state index in [-0.39, 0.29) is 19.0 Å². The molecule has 0 fully saturated rings. The lowest BCUT2D eigenvalue weighted by Gasteiger charge is -2.07. The van der Waals surface area contributed by atoms with Crippen LogP contribution in [0.4, 0.5) is 4.39 Å². The fraction of sp³-hybridized carbons (Fsp3) is 0.143. The first-order valence-electron chi connectivity index (χ1n) is 8.69. The van der Waals surface area contributed by atoms with E-state index >= 15 is 0 Å². The molecule has 0 spiro atoms. The monoisotopic (exact) mass is 391 g/mol. The van der Waals surface area contributed by atoms with Gasteiger partial charge in [0.05, 0.1) is 29.6 Å². The Morgan fingerprint density at radius 2 is 1.89 bits per heavy atom. The molecule has 0 atom stereocenters. The van der Waals surface area contributed by atoms with Crippen LogP contribution in [0.15, 0.2) is 42.5 Å². The van der Waals surface area contributed by atoms with Crippen LogP contribution in [0.1, 0.15) is 10.6 Å². The third-order valence-electron chi connectivity index (χ3n) is 4.75. The van der Waals surface area contributed by atoms with Gasteiger partial charge in [-0.15, -0.1) is 11.3 Å². The predicted octanol–water partition coefficient (Wildman–Crippen LogP) is 4.97. The molecule has 1 aliphatic rings. The second kappa shape index (κ2) is 6.36. The molecule has 0 radical (unpaired) electrons. The van der Waals surface area contributed by atoms with E-state index in [1.165, 1.54) is 12.1 Å². The van der Waals surface area contributed by atoms with Crippen LogP contribution in [0.5, 0.6) is 11.5 Å². The Balaban J connectivity index is 1.75. The van der Waals surface area contributed by atoms with E-state index in [1.807, 2.05) is 29.5 Å². The Bertz CT molecular complexity index is 1250. The molecule has 0 aliphatic carbocycles. The predicted molar refractivity (Wildman–Crippen MR) is 104 cm³/mol. The van der Waals surface area contributed by atoms with Crippen LogP contribution in [0, 0.1) is 24.1 Å². The lowest BCUT2D eigenvalue weighted by molar-refractivity contribution is 0.174. The number of nitrogens with zero attached hydrogens (tertiary/aromatic N) is 3. The van der Waals surface area contributed by atoms with E-state index in [1.54, 1.807) is 23.5 Å². The number of hydrogen-bond donors (Lipinski definition) is 0. The number of imidazole rings is 1. The summed E-state index contributed by atoms with van der Waals surface area (Å²) in [5.41, 5.74) is 4.24. The Kier molecular flexibility index (Phi) is 3.81. The van der Waals surface area contributed by atoms with Crippen molar-refractivity contribution in [2.45, 2.75) is 13.3 Å². The van der Waals surface area contributed by atoms with Crippen LogP contribution in [0.2, 0.25) is 0 Å². The van der Waals surface area contributed by atoms with Crippen molar-refractivity contribution in [2.24, 2.45) is 0 Å². The van der Waals surface area contributed by atoms with E-state index in [2.05, 4.69) is 6.07 Å². The summed E-state index contributed by atoms with van der Waals surface area (Å²) in [6.07, 6.45) is 0.204. The lowest BCUT2D eigenvalue weighted by Crippen LogP contribution is -1.96. The summed E-state index contributed by atoms with van der Waals surface area (Å²) in [6.45, 7) is 2.21. The minimum Gasteiger partial charge on any atom is -0.454 e. The van der Waals surface area contributed by atoms with Crippen molar-refractivity contribution in [3.05, 3.63) is 58.9 Å². The normalized spacial score (nSPS) is 12.5. The molecule has 5 nitrogen and oxygen atoms in total. The van der Waals surface area contributed by atoms with Gasteiger partial charge >= 0.3 is 0 Å². The maximum absolute atomic E-state index is 13.4. The number of benzene rings is 2. The van der Waals surface area contributed by atoms with Gasteiger partial charge in [0.25, 0.3) is 0 Å². The molecule has 138 valence electrons. The Morgan fingerprint density at radius 3 is 2.68 bits per heavy atom. The number of hydrogen-bond acceptors (Lipinski definition) is 5. The van der Waals surface area contributed by atoms with Gasteiger partial charge in [-0.05, 0) is 55.0 Å². The molecule has 5 rings (SSSR count). The van der Waals surface area contributed by atoms with Gasteiger partial charge in [0.2, 0.25) is 6.79 Å². The molecule has 0 unspecified atom stereocenters. The van der Waals surface area contributed by atoms with Crippen LogP contribution >= 0.6 is 11.3 Å². The van der Waals surface area contributed by atoms with E-state index in [9.17, 15) is 9.65 Å². The van der Waals surface area contributed by atoms with Crippen molar-refractivity contribution in [1.29, 1.82) is 5.26 Å². The highest BCUT2D eigenvalue weighted by molar-refractivity contribution is 7.17. The first-order chi connectivity index (χ1) is 13.7. The van der Waals surface area contributed by atoms with Gasteiger partial charge in [0.1, 0.15) is 5.82 Å². The van der Waals surface area contributed by atoms with Gasteiger partial charge in [-0.3, -0.25) is 4.40 Å². The van der Waals surface area contributed by atoms with Crippen LogP contribution in [-0.4, -0.2) is 16.2 Å². The van der Waals surface area contributed by atoms with E-state index in [0.29, 0.717) is 11.5 Å². The summed E-state index contributed by atoms with van der Waals surface area (Å²) >= 11 is 1.55. The highest BCUT2D eigenvalue weighted by Crippen LogP contribution is 2.40. The molecule has 0 saturated carbocycles. The summed E-state index contributed by atoms with van der Waals surface area (Å²) in [6, 6.07) is 14.3. The molecule has 28 heavy (non-hydrogen) atoms. The molecule has 2 aromatic carbocycles. The number of rotatable bonds is 3. The van der Waals surface area contributed by atoms with Gasteiger partial charge in [-0.25, -0.2) is 9.37 Å². The molecule has 0 saturated heterocycles. The first kappa shape index (κ1) is 16.8. The molecule has 7 heteroatoms. The van der Waals surface area contributed by atoms with Crippen molar-refractivity contribution in [3.63, 3.8) is 0 Å². The summed E-state index contributed by atoms with van der Waals surface area (Å²) in [7, 11) is 0. The molecule has 2 aromatic heterocycles. The average molecular weight is 391 g/mol. The average Bonchev–Trinajstić information content (AvgIpc) is 3.37. The molecule has 1 aliphatic heterocycles. The van der Waals surface area contributed by atoms with Crippen molar-refractivity contribution in [2.75, 3.05) is 6.79 Å². The highest BCUT2D eigenvalue weighted by Gasteiger charge is 2.23. The number of fused-ring (bicyclic) bond motifs is 2. The fourth-order valence-electron chi connectivity index (χ4n) is 3.53. The van der Waals surface area contributed by atoms with Crippen molar-refractivity contribution in [1.82, 2.24) is 9.38 Å². The smallest absolute Gasteiger partial charge is 0.231 e. The quantitative estimate of drug-likeness (QED) is 0.495. The largest absolute Gasteiger partial charge is 0.454 e. The maximum Gasteiger partial charge on any atom is 0.231 e. The number of aryl methyl sites for hydroxylation is 1. The van der Waals surface area contributed by atoms with E-state index in [4.69, 9.17) is 14.5 Å². The van der Waals surface area contributed by atoms with Gasteiger partial charge in [-0.1, -0.05) is 0 Å². The van der Waals surface area contributed by atoms with Gasteiger partial charge < -0.3 is 9.47 Å².